The molecule has 0 radical (unpaired) electrons. The van der Waals surface area contributed by atoms with Gasteiger partial charge in [-0.05, 0) is 58.2 Å². The van der Waals surface area contributed by atoms with Crippen molar-refractivity contribution in [1.82, 2.24) is 29.9 Å². The van der Waals surface area contributed by atoms with Crippen molar-refractivity contribution in [2.45, 2.75) is 38.7 Å². The fourth-order valence-corrected chi connectivity index (χ4v) is 5.24. The second-order valence-electron chi connectivity index (χ2n) is 12.2. The number of likely N-dealkylation sites (N-methyl/N-ethyl adjacent to an activating group) is 1. The molecule has 234 valence electrons. The van der Waals surface area contributed by atoms with Crippen LogP contribution in [0.15, 0.2) is 42.6 Å². The van der Waals surface area contributed by atoms with Gasteiger partial charge < -0.3 is 30.1 Å². The Hall–Kier alpha value is -3.87. The summed E-state index contributed by atoms with van der Waals surface area (Å²) in [5.74, 6) is -0.251. The van der Waals surface area contributed by atoms with Gasteiger partial charge in [0.25, 0.3) is 0 Å². The Balaban J connectivity index is 1.32. The molecule has 0 saturated carbocycles. The fraction of sp³-hybridized carbons (Fsp3) is 0.452. The first kappa shape index (κ1) is 31.6. The van der Waals surface area contributed by atoms with Gasteiger partial charge in [-0.15, -0.1) is 0 Å². The van der Waals surface area contributed by atoms with Crippen LogP contribution in [0.3, 0.4) is 0 Å². The highest BCUT2D eigenvalue weighted by atomic mass is 35.5. The third-order valence-corrected chi connectivity index (χ3v) is 7.83. The van der Waals surface area contributed by atoms with Gasteiger partial charge in [0.15, 0.2) is 0 Å². The predicted molar refractivity (Wildman–Crippen MR) is 168 cm³/mol. The van der Waals surface area contributed by atoms with Crippen LogP contribution in [-0.4, -0.2) is 100 Å². The number of nitrogens with zero attached hydrogens (tertiary/aromatic N) is 6. The number of ether oxygens (including phenoxy) is 1. The topological polar surface area (TPSA) is 116 Å². The fourth-order valence-electron chi connectivity index (χ4n) is 5.02. The number of rotatable bonds is 8. The summed E-state index contributed by atoms with van der Waals surface area (Å²) in [6.45, 7) is 10.9. The summed E-state index contributed by atoms with van der Waals surface area (Å²) in [6.07, 6.45) is 1.58. The van der Waals surface area contributed by atoms with Crippen molar-refractivity contribution in [3.8, 4) is 11.3 Å². The smallest absolute Gasteiger partial charge is 0.410 e. The number of halogens is 2. The molecule has 13 heteroatoms. The summed E-state index contributed by atoms with van der Waals surface area (Å²) < 4.78 is 19.6. The number of hydrogen-bond acceptors (Lipinski definition) is 9. The number of benzene rings is 1. The average molecular weight is 625 g/mol. The van der Waals surface area contributed by atoms with Crippen molar-refractivity contribution in [2.75, 3.05) is 63.5 Å². The summed E-state index contributed by atoms with van der Waals surface area (Å²) in [5.41, 5.74) is 2.09. The standard InChI is InChI=1S/C31H38ClFN8O3/c1-31(2,3)44-30(43)41-18-20(19-41)29-26(17-25(37-38-29)23-15-21(33)5-6-24(23)32)35-22-7-9-34-27(16-22)36-28(42)8-10-40-13-11-39(4)12-14-40/h5-7,9,15-17,20H,8,10-14,18-19H2,1-4H3,(H2,34,35,36,37,42). The SMILES string of the molecule is CN1CCN(CCC(=O)Nc2cc(Nc3cc(-c4cc(F)ccc4Cl)nnc3C3CN(C(=O)OC(C)(C)C)C3)ccn2)CC1. The molecule has 0 unspecified atom stereocenters. The molecule has 44 heavy (non-hydrogen) atoms. The molecule has 0 bridgehead atoms. The third-order valence-electron chi connectivity index (χ3n) is 7.50. The van der Waals surface area contributed by atoms with Crippen LogP contribution in [0.4, 0.5) is 26.4 Å². The molecule has 4 heterocycles. The Morgan fingerprint density at radius 3 is 2.55 bits per heavy atom. The van der Waals surface area contributed by atoms with E-state index in [9.17, 15) is 14.0 Å². The highest BCUT2D eigenvalue weighted by Crippen LogP contribution is 2.36. The minimum Gasteiger partial charge on any atom is -0.444 e. The van der Waals surface area contributed by atoms with Gasteiger partial charge in [-0.3, -0.25) is 4.79 Å². The van der Waals surface area contributed by atoms with E-state index in [0.717, 1.165) is 26.2 Å². The van der Waals surface area contributed by atoms with E-state index in [1.165, 1.54) is 18.2 Å². The number of anilines is 3. The second kappa shape index (κ2) is 13.4. The molecule has 2 saturated heterocycles. The molecule has 0 atom stereocenters. The van der Waals surface area contributed by atoms with Crippen molar-refractivity contribution < 1.29 is 18.7 Å². The van der Waals surface area contributed by atoms with Gasteiger partial charge in [0, 0.05) is 81.7 Å². The molecular formula is C31H38ClFN8O3. The predicted octanol–water partition coefficient (Wildman–Crippen LogP) is 4.99. The molecular weight excluding hydrogens is 587 g/mol. The number of hydrogen-bond donors (Lipinski definition) is 2. The van der Waals surface area contributed by atoms with Crippen LogP contribution >= 0.6 is 11.6 Å². The zero-order valence-electron chi connectivity index (χ0n) is 25.4. The summed E-state index contributed by atoms with van der Waals surface area (Å²) >= 11 is 6.38. The van der Waals surface area contributed by atoms with E-state index in [-0.39, 0.29) is 17.9 Å². The maximum atomic E-state index is 14.1. The number of pyridine rings is 1. The van der Waals surface area contributed by atoms with Crippen molar-refractivity contribution in [2.24, 2.45) is 0 Å². The van der Waals surface area contributed by atoms with Crippen molar-refractivity contribution in [3.63, 3.8) is 0 Å². The average Bonchev–Trinajstić information content (AvgIpc) is 2.93. The van der Waals surface area contributed by atoms with Crippen LogP contribution in [0.5, 0.6) is 0 Å². The van der Waals surface area contributed by atoms with E-state index in [1.54, 1.807) is 29.3 Å². The van der Waals surface area contributed by atoms with Crippen molar-refractivity contribution in [1.29, 1.82) is 0 Å². The molecule has 2 aliphatic rings. The van der Waals surface area contributed by atoms with Gasteiger partial charge in [0.1, 0.15) is 17.2 Å². The lowest BCUT2D eigenvalue weighted by Crippen LogP contribution is -2.50. The number of nitrogens with one attached hydrogen (secondary N) is 2. The number of carbonyl (C=O) groups is 2. The quantitative estimate of drug-likeness (QED) is 0.358. The molecule has 2 amide bonds. The highest BCUT2D eigenvalue weighted by Gasteiger charge is 2.37. The monoisotopic (exact) mass is 624 g/mol. The van der Waals surface area contributed by atoms with Gasteiger partial charge in [0.2, 0.25) is 5.91 Å². The highest BCUT2D eigenvalue weighted by molar-refractivity contribution is 6.33. The molecule has 2 fully saturated rings. The van der Waals surface area contributed by atoms with Gasteiger partial charge in [-0.1, -0.05) is 11.6 Å². The van der Waals surface area contributed by atoms with Gasteiger partial charge in [-0.25, -0.2) is 14.2 Å². The number of likely N-dealkylation sites (tertiary alicyclic amines) is 1. The maximum absolute atomic E-state index is 14.1. The molecule has 11 nitrogen and oxygen atoms in total. The molecule has 1 aromatic carbocycles. The van der Waals surface area contributed by atoms with E-state index in [4.69, 9.17) is 16.3 Å². The lowest BCUT2D eigenvalue weighted by Gasteiger charge is -2.39. The Morgan fingerprint density at radius 2 is 1.82 bits per heavy atom. The zero-order chi connectivity index (χ0) is 31.4. The van der Waals surface area contributed by atoms with Gasteiger partial charge >= 0.3 is 6.09 Å². The normalized spacial score (nSPS) is 16.4. The summed E-state index contributed by atoms with van der Waals surface area (Å²) in [7, 11) is 2.10. The van der Waals surface area contributed by atoms with E-state index in [0.29, 0.717) is 65.2 Å². The van der Waals surface area contributed by atoms with Crippen LogP contribution in [0, 0.1) is 5.82 Å². The minimum atomic E-state index is -0.598. The number of amides is 2. The molecule has 3 aromatic rings. The van der Waals surface area contributed by atoms with Gasteiger partial charge in [0.05, 0.1) is 22.1 Å². The second-order valence-corrected chi connectivity index (χ2v) is 12.6. The van der Waals surface area contributed by atoms with E-state index in [2.05, 4.69) is 42.7 Å². The summed E-state index contributed by atoms with van der Waals surface area (Å²) in [6, 6.07) is 9.33. The van der Waals surface area contributed by atoms with Crippen LogP contribution in [0.25, 0.3) is 11.3 Å². The third kappa shape index (κ3) is 8.19. The maximum Gasteiger partial charge on any atom is 0.410 e. The molecule has 0 spiro atoms. The first-order chi connectivity index (χ1) is 20.9. The number of carbonyl (C=O) groups excluding carboxylic acids is 2. The summed E-state index contributed by atoms with van der Waals surface area (Å²) in [5, 5.41) is 15.4. The van der Waals surface area contributed by atoms with Crippen molar-refractivity contribution >= 4 is 40.8 Å². The lowest BCUT2D eigenvalue weighted by molar-refractivity contribution is -0.116. The minimum absolute atomic E-state index is 0.106. The van der Waals surface area contributed by atoms with Crippen LogP contribution in [0.2, 0.25) is 5.02 Å². The van der Waals surface area contributed by atoms with E-state index >= 15 is 0 Å². The van der Waals surface area contributed by atoms with Gasteiger partial charge in [-0.2, -0.15) is 10.2 Å². The Bertz CT molecular complexity index is 1500. The van der Waals surface area contributed by atoms with E-state index < -0.39 is 11.4 Å². The Labute approximate surface area is 261 Å². The zero-order valence-corrected chi connectivity index (χ0v) is 26.2. The molecule has 5 rings (SSSR count). The summed E-state index contributed by atoms with van der Waals surface area (Å²) in [4.78, 5) is 35.7. The molecule has 2 N–H and O–H groups in total. The lowest BCUT2D eigenvalue weighted by atomic mass is 9.94. The number of piperazine rings is 1. The first-order valence-corrected chi connectivity index (χ1v) is 15.1. The Morgan fingerprint density at radius 1 is 1.07 bits per heavy atom. The number of aromatic nitrogens is 3. The van der Waals surface area contributed by atoms with Crippen molar-refractivity contribution in [3.05, 3.63) is 59.1 Å². The van der Waals surface area contributed by atoms with Crippen LogP contribution in [-0.2, 0) is 9.53 Å². The van der Waals surface area contributed by atoms with Crippen LogP contribution in [0.1, 0.15) is 38.8 Å². The molecule has 2 aromatic heterocycles. The largest absolute Gasteiger partial charge is 0.444 e. The van der Waals surface area contributed by atoms with Crippen LogP contribution < -0.4 is 10.6 Å². The van der Waals surface area contributed by atoms with E-state index in [1.807, 2.05) is 20.8 Å². The molecule has 2 aliphatic heterocycles. The molecule has 0 aliphatic carbocycles. The first-order valence-electron chi connectivity index (χ1n) is 14.7. The Kier molecular flexibility index (Phi) is 9.62.